The van der Waals surface area contributed by atoms with E-state index in [9.17, 15) is 12.8 Å². The summed E-state index contributed by atoms with van der Waals surface area (Å²) in [5.41, 5.74) is 2.38. The third kappa shape index (κ3) is 4.46. The number of aromatic nitrogens is 3. The maximum Gasteiger partial charge on any atom is 0.186 e. The maximum absolute atomic E-state index is 12.8. The summed E-state index contributed by atoms with van der Waals surface area (Å²) in [5, 5.41) is 11.1. The van der Waals surface area contributed by atoms with E-state index in [1.165, 1.54) is 19.2 Å². The normalized spacial score (nSPS) is 11.8. The number of sulfone groups is 1. The molecule has 0 amide bonds. The van der Waals surface area contributed by atoms with Crippen molar-refractivity contribution in [3.8, 4) is 5.75 Å². The molecule has 0 atom stereocenters. The molecule has 7 nitrogen and oxygen atoms in total. The van der Waals surface area contributed by atoms with Crippen LogP contribution in [0.25, 0.3) is 21.8 Å². The number of benzene rings is 2. The molecule has 2 aromatic heterocycles. The average Bonchev–Trinajstić information content (AvgIpc) is 3.19. The highest BCUT2D eigenvalue weighted by Crippen LogP contribution is 2.36. The van der Waals surface area contributed by atoms with Gasteiger partial charge in [0.15, 0.2) is 9.84 Å². The van der Waals surface area contributed by atoms with E-state index in [0.29, 0.717) is 11.3 Å². The summed E-state index contributed by atoms with van der Waals surface area (Å²) in [6, 6.07) is 9.61. The first-order valence-corrected chi connectivity index (χ1v) is 11.0. The molecule has 0 saturated carbocycles. The lowest BCUT2D eigenvalue weighted by Crippen LogP contribution is -2.28. The van der Waals surface area contributed by atoms with Crippen LogP contribution >= 0.6 is 0 Å². The quantitative estimate of drug-likeness (QED) is 0.481. The molecule has 0 unspecified atom stereocenters. The molecule has 0 saturated heterocycles. The lowest BCUT2D eigenvalue weighted by molar-refractivity contribution is 0.402. The number of anilines is 1. The highest BCUT2D eigenvalue weighted by molar-refractivity contribution is 7.92. The van der Waals surface area contributed by atoms with Crippen LogP contribution in [-0.4, -0.2) is 42.5 Å². The number of ether oxygens (including phenoxy) is 1. The lowest BCUT2D eigenvalue weighted by atomic mass is 10.2. The summed E-state index contributed by atoms with van der Waals surface area (Å²) in [4.78, 5) is 4.46. The molecule has 2 heterocycles. The van der Waals surface area contributed by atoms with Crippen molar-refractivity contribution in [3.05, 3.63) is 54.6 Å². The molecular formula is C22H25FN4O3S. The number of hydrogen-bond acceptors (Lipinski definition) is 6. The monoisotopic (exact) mass is 444 g/mol. The van der Waals surface area contributed by atoms with E-state index in [4.69, 9.17) is 4.74 Å². The summed E-state index contributed by atoms with van der Waals surface area (Å²) in [6.07, 6.45) is 3.27. The molecule has 0 aliphatic carbocycles. The molecule has 2 N–H and O–H groups in total. The van der Waals surface area contributed by atoms with Crippen LogP contribution in [-0.2, 0) is 9.84 Å². The number of halogens is 1. The molecular weight excluding hydrogens is 419 g/mol. The first-order valence-electron chi connectivity index (χ1n) is 9.56. The fourth-order valence-corrected chi connectivity index (χ4v) is 4.32. The minimum absolute atomic E-state index is 0.189. The second-order valence-electron chi connectivity index (χ2n) is 7.85. The molecule has 0 aliphatic heterocycles. The third-order valence-corrected chi connectivity index (χ3v) is 7.30. The second-order valence-corrected chi connectivity index (χ2v) is 10.5. The van der Waals surface area contributed by atoms with Gasteiger partial charge >= 0.3 is 0 Å². The van der Waals surface area contributed by atoms with Crippen LogP contribution in [0.4, 0.5) is 10.1 Å². The van der Waals surface area contributed by atoms with Crippen LogP contribution < -0.4 is 10.1 Å². The zero-order valence-electron chi connectivity index (χ0n) is 18.0. The topological polar surface area (TPSA) is 97.0 Å². The van der Waals surface area contributed by atoms with Gasteiger partial charge in [-0.25, -0.2) is 12.8 Å². The number of nitrogens with zero attached hydrogens (tertiary/aromatic N) is 2. The van der Waals surface area contributed by atoms with Crippen LogP contribution in [0.3, 0.4) is 0 Å². The van der Waals surface area contributed by atoms with Gasteiger partial charge in [-0.1, -0.05) is 0 Å². The summed E-state index contributed by atoms with van der Waals surface area (Å²) in [6.45, 7) is 5.02. The van der Waals surface area contributed by atoms with Crippen LogP contribution in [0.1, 0.15) is 20.8 Å². The number of nitrogens with one attached hydrogen (secondary N) is 2. The SMILES string of the molecule is CNc1ccnc2cc(OC)c(S(=O)(=O)C(C)(C)C)cc12.Fc1ccc2[nH]ncc2c1. The smallest absolute Gasteiger partial charge is 0.186 e. The summed E-state index contributed by atoms with van der Waals surface area (Å²) >= 11 is 0. The van der Waals surface area contributed by atoms with Crippen molar-refractivity contribution in [1.82, 2.24) is 15.2 Å². The first-order chi connectivity index (χ1) is 14.6. The average molecular weight is 445 g/mol. The van der Waals surface area contributed by atoms with Crippen molar-refractivity contribution in [3.63, 3.8) is 0 Å². The van der Waals surface area contributed by atoms with Crippen molar-refractivity contribution in [1.29, 1.82) is 0 Å². The fraction of sp³-hybridized carbons (Fsp3) is 0.273. The molecule has 31 heavy (non-hydrogen) atoms. The lowest BCUT2D eigenvalue weighted by Gasteiger charge is -2.21. The van der Waals surface area contributed by atoms with Gasteiger partial charge in [-0.3, -0.25) is 10.1 Å². The number of methoxy groups -OCH3 is 1. The molecule has 4 rings (SSSR count). The number of rotatable bonds is 3. The number of H-pyrrole nitrogens is 1. The van der Waals surface area contributed by atoms with E-state index in [0.717, 1.165) is 22.0 Å². The summed E-state index contributed by atoms with van der Waals surface area (Å²) in [5.74, 6) is 0.0899. The van der Waals surface area contributed by atoms with Gasteiger partial charge in [0.05, 0.1) is 29.1 Å². The Bertz CT molecular complexity index is 1330. The standard InChI is InChI=1S/C15H20N2O3S.C7H5FN2/c1-15(2,3)21(18,19)14-8-10-11(16-4)6-7-17-12(10)9-13(14)20-5;8-6-1-2-7-5(3-6)4-9-10-7/h6-9H,1-5H3,(H,16,17);1-4H,(H,9,10). The summed E-state index contributed by atoms with van der Waals surface area (Å²) < 4.78 is 42.3. The Balaban J connectivity index is 0.000000225. The molecule has 0 radical (unpaired) electrons. The van der Waals surface area contributed by atoms with Gasteiger partial charge in [0, 0.05) is 35.8 Å². The van der Waals surface area contributed by atoms with Crippen molar-refractivity contribution in [2.45, 2.75) is 30.4 Å². The van der Waals surface area contributed by atoms with Crippen molar-refractivity contribution in [2.24, 2.45) is 0 Å². The van der Waals surface area contributed by atoms with Gasteiger partial charge in [-0.2, -0.15) is 5.10 Å². The first kappa shape index (κ1) is 22.5. The predicted molar refractivity (Wildman–Crippen MR) is 121 cm³/mol. The van der Waals surface area contributed by atoms with Crippen LogP contribution in [0.15, 0.2) is 53.7 Å². The Morgan fingerprint density at radius 2 is 1.87 bits per heavy atom. The predicted octanol–water partition coefficient (Wildman–Crippen LogP) is 4.56. The highest BCUT2D eigenvalue weighted by Gasteiger charge is 2.34. The summed E-state index contributed by atoms with van der Waals surface area (Å²) in [7, 11) is -0.264. The van der Waals surface area contributed by atoms with E-state index in [-0.39, 0.29) is 10.7 Å². The number of aromatic amines is 1. The number of hydrogen-bond donors (Lipinski definition) is 2. The minimum atomic E-state index is -3.52. The Labute approximate surface area is 180 Å². The van der Waals surface area contributed by atoms with Gasteiger partial charge in [0.25, 0.3) is 0 Å². The molecule has 0 aliphatic rings. The van der Waals surface area contributed by atoms with E-state index in [2.05, 4.69) is 20.5 Å². The van der Waals surface area contributed by atoms with Crippen LogP contribution in [0.5, 0.6) is 5.75 Å². The van der Waals surface area contributed by atoms with Crippen LogP contribution in [0.2, 0.25) is 0 Å². The number of pyridine rings is 1. The molecule has 2 aromatic carbocycles. The molecule has 0 spiro atoms. The Kier molecular flexibility index (Phi) is 6.17. The fourth-order valence-electron chi connectivity index (χ4n) is 2.98. The van der Waals surface area contributed by atoms with Crippen LogP contribution in [0, 0.1) is 5.82 Å². The van der Waals surface area contributed by atoms with E-state index in [1.807, 2.05) is 6.07 Å². The van der Waals surface area contributed by atoms with E-state index < -0.39 is 14.6 Å². The number of fused-ring (bicyclic) bond motifs is 2. The zero-order chi connectivity index (χ0) is 22.8. The Morgan fingerprint density at radius 3 is 2.52 bits per heavy atom. The second kappa shape index (κ2) is 8.50. The molecule has 0 fully saturated rings. The maximum atomic E-state index is 12.8. The van der Waals surface area contributed by atoms with E-state index in [1.54, 1.807) is 58.4 Å². The largest absolute Gasteiger partial charge is 0.495 e. The van der Waals surface area contributed by atoms with Gasteiger partial charge in [-0.05, 0) is 51.1 Å². The van der Waals surface area contributed by atoms with Crippen molar-refractivity contribution < 1.29 is 17.5 Å². The van der Waals surface area contributed by atoms with Crippen molar-refractivity contribution >= 4 is 37.3 Å². The molecule has 0 bridgehead atoms. The molecule has 4 aromatic rings. The molecule has 164 valence electrons. The minimum Gasteiger partial charge on any atom is -0.495 e. The van der Waals surface area contributed by atoms with Gasteiger partial charge in [0.2, 0.25) is 0 Å². The van der Waals surface area contributed by atoms with Crippen molar-refractivity contribution in [2.75, 3.05) is 19.5 Å². The van der Waals surface area contributed by atoms with E-state index >= 15 is 0 Å². The zero-order valence-corrected chi connectivity index (χ0v) is 18.8. The molecule has 9 heteroatoms. The Morgan fingerprint density at radius 1 is 1.13 bits per heavy atom. The highest BCUT2D eigenvalue weighted by atomic mass is 32.2. The van der Waals surface area contributed by atoms with Gasteiger partial charge in [-0.15, -0.1) is 0 Å². The van der Waals surface area contributed by atoms with Gasteiger partial charge in [0.1, 0.15) is 16.5 Å². The Hall–Kier alpha value is -3.20. The third-order valence-electron chi connectivity index (χ3n) is 4.79. The van der Waals surface area contributed by atoms with Gasteiger partial charge < -0.3 is 10.1 Å².